The maximum atomic E-state index is 12.4. The van der Waals surface area contributed by atoms with E-state index in [9.17, 15) is 4.79 Å². The Bertz CT molecular complexity index is 643. The zero-order valence-corrected chi connectivity index (χ0v) is 14.5. The molecule has 0 aliphatic carbocycles. The highest BCUT2D eigenvalue weighted by Crippen LogP contribution is 2.34. The van der Waals surface area contributed by atoms with E-state index in [1.54, 1.807) is 0 Å². The number of carbonyl (C=O) groups excluding carboxylic acids is 1. The SMILES string of the molecule is Br.CC(Br)C(=O)N1CCCc2ncc3ccccc3c21. The highest BCUT2D eigenvalue weighted by Gasteiger charge is 2.27. The van der Waals surface area contributed by atoms with Gasteiger partial charge in [-0.05, 0) is 19.8 Å². The van der Waals surface area contributed by atoms with Gasteiger partial charge in [0.2, 0.25) is 5.91 Å². The molecule has 1 amide bonds. The first-order valence-corrected chi connectivity index (χ1v) is 7.42. The molecular weight excluding hydrogens is 384 g/mol. The molecular formula is C15H16Br2N2O. The van der Waals surface area contributed by atoms with Crippen LogP contribution in [0.2, 0.25) is 0 Å². The van der Waals surface area contributed by atoms with E-state index < -0.39 is 0 Å². The number of alkyl halides is 1. The third kappa shape index (κ3) is 2.61. The van der Waals surface area contributed by atoms with Crippen molar-refractivity contribution in [3.8, 4) is 0 Å². The van der Waals surface area contributed by atoms with Crippen LogP contribution in [0, 0.1) is 0 Å². The van der Waals surface area contributed by atoms with Crippen molar-refractivity contribution in [1.29, 1.82) is 0 Å². The summed E-state index contributed by atoms with van der Waals surface area (Å²) in [7, 11) is 0. The summed E-state index contributed by atoms with van der Waals surface area (Å²) in [5.74, 6) is 0.110. The van der Waals surface area contributed by atoms with Crippen LogP contribution >= 0.6 is 32.9 Å². The summed E-state index contributed by atoms with van der Waals surface area (Å²) in [6.45, 7) is 2.65. The summed E-state index contributed by atoms with van der Waals surface area (Å²) >= 11 is 3.38. The average molecular weight is 400 g/mol. The van der Waals surface area contributed by atoms with Crippen LogP contribution in [0.5, 0.6) is 0 Å². The van der Waals surface area contributed by atoms with Crippen molar-refractivity contribution in [2.45, 2.75) is 24.6 Å². The summed E-state index contributed by atoms with van der Waals surface area (Å²) in [6, 6.07) is 8.12. The zero-order chi connectivity index (χ0) is 13.4. The van der Waals surface area contributed by atoms with E-state index in [0.717, 1.165) is 41.5 Å². The number of pyridine rings is 1. The molecule has 1 aromatic heterocycles. The number of fused-ring (bicyclic) bond motifs is 3. The Balaban J connectivity index is 0.00000147. The number of aromatic nitrogens is 1. The molecule has 0 N–H and O–H groups in total. The van der Waals surface area contributed by atoms with Crippen LogP contribution in [0.4, 0.5) is 5.69 Å². The highest BCUT2D eigenvalue weighted by atomic mass is 79.9. The molecule has 3 nitrogen and oxygen atoms in total. The number of anilines is 1. The summed E-state index contributed by atoms with van der Waals surface area (Å²) < 4.78 is 0. The number of hydrogen-bond acceptors (Lipinski definition) is 2. The van der Waals surface area contributed by atoms with Gasteiger partial charge in [0.25, 0.3) is 0 Å². The standard InChI is InChI=1S/C15H15BrN2O.BrH/c1-10(16)15(19)18-8-4-7-13-14(18)12-6-3-2-5-11(12)9-17-13;/h2-3,5-6,9-10H,4,7-8H2,1H3;1H. The zero-order valence-electron chi connectivity index (χ0n) is 11.2. The van der Waals surface area contributed by atoms with E-state index in [-0.39, 0.29) is 27.7 Å². The lowest BCUT2D eigenvalue weighted by atomic mass is 10.0. The number of nitrogens with zero attached hydrogens (tertiary/aromatic N) is 2. The van der Waals surface area contributed by atoms with E-state index in [1.165, 1.54) is 0 Å². The van der Waals surface area contributed by atoms with Crippen LogP contribution in [0.25, 0.3) is 10.8 Å². The lowest BCUT2D eigenvalue weighted by Crippen LogP contribution is -2.39. The topological polar surface area (TPSA) is 33.2 Å². The predicted molar refractivity (Wildman–Crippen MR) is 91.1 cm³/mol. The lowest BCUT2D eigenvalue weighted by Gasteiger charge is -2.31. The van der Waals surface area contributed by atoms with E-state index >= 15 is 0 Å². The fourth-order valence-electron chi connectivity index (χ4n) is 2.62. The van der Waals surface area contributed by atoms with Gasteiger partial charge < -0.3 is 4.90 Å². The van der Waals surface area contributed by atoms with Gasteiger partial charge in [-0.15, -0.1) is 17.0 Å². The molecule has 0 spiro atoms. The summed E-state index contributed by atoms with van der Waals surface area (Å²) in [6.07, 6.45) is 3.82. The van der Waals surface area contributed by atoms with Crippen molar-refractivity contribution in [1.82, 2.24) is 4.98 Å². The van der Waals surface area contributed by atoms with E-state index in [2.05, 4.69) is 27.0 Å². The molecule has 1 aliphatic rings. The van der Waals surface area contributed by atoms with Crippen molar-refractivity contribution >= 4 is 55.3 Å². The number of aryl methyl sites for hydroxylation is 1. The van der Waals surface area contributed by atoms with Crippen LogP contribution in [-0.4, -0.2) is 22.3 Å². The van der Waals surface area contributed by atoms with Gasteiger partial charge in [0.05, 0.1) is 16.2 Å². The van der Waals surface area contributed by atoms with Crippen molar-refractivity contribution in [3.63, 3.8) is 0 Å². The minimum Gasteiger partial charge on any atom is -0.309 e. The smallest absolute Gasteiger partial charge is 0.240 e. The first-order chi connectivity index (χ1) is 9.18. The Morgan fingerprint density at radius 2 is 2.15 bits per heavy atom. The Labute approximate surface area is 137 Å². The normalized spacial score (nSPS) is 15.4. The van der Waals surface area contributed by atoms with Gasteiger partial charge in [0, 0.05) is 23.5 Å². The Morgan fingerprint density at radius 1 is 1.40 bits per heavy atom. The average Bonchev–Trinajstić information content (AvgIpc) is 2.45. The molecule has 1 unspecified atom stereocenters. The van der Waals surface area contributed by atoms with Gasteiger partial charge in [-0.25, -0.2) is 0 Å². The Hall–Kier alpha value is -0.940. The minimum absolute atomic E-state index is 0. The number of carbonyl (C=O) groups is 1. The predicted octanol–water partition coefficient (Wildman–Crippen LogP) is 3.88. The third-order valence-electron chi connectivity index (χ3n) is 3.52. The number of halogens is 2. The van der Waals surface area contributed by atoms with Gasteiger partial charge in [-0.3, -0.25) is 9.78 Å². The first kappa shape index (κ1) is 15.4. The van der Waals surface area contributed by atoms with Crippen LogP contribution in [0.3, 0.4) is 0 Å². The quantitative estimate of drug-likeness (QED) is 0.682. The van der Waals surface area contributed by atoms with Crippen LogP contribution in [0.15, 0.2) is 30.5 Å². The number of amides is 1. The molecule has 2 aromatic rings. The second-order valence-corrected chi connectivity index (χ2v) is 6.22. The van der Waals surface area contributed by atoms with E-state index in [1.807, 2.05) is 36.2 Å². The van der Waals surface area contributed by atoms with E-state index in [4.69, 9.17) is 0 Å². The van der Waals surface area contributed by atoms with Crippen LogP contribution < -0.4 is 4.90 Å². The molecule has 2 heterocycles. The molecule has 1 aliphatic heterocycles. The fourth-order valence-corrected chi connectivity index (χ4v) is 2.87. The maximum Gasteiger partial charge on any atom is 0.240 e. The molecule has 0 bridgehead atoms. The summed E-state index contributed by atoms with van der Waals surface area (Å²) in [5, 5.41) is 2.21. The van der Waals surface area contributed by atoms with Gasteiger partial charge in [-0.1, -0.05) is 40.2 Å². The van der Waals surface area contributed by atoms with Crippen LogP contribution in [-0.2, 0) is 11.2 Å². The minimum atomic E-state index is -0.169. The molecule has 1 atom stereocenters. The summed E-state index contributed by atoms with van der Waals surface area (Å²) in [5.41, 5.74) is 2.03. The third-order valence-corrected chi connectivity index (χ3v) is 3.91. The highest BCUT2D eigenvalue weighted by molar-refractivity contribution is 9.10. The number of hydrogen-bond donors (Lipinski definition) is 0. The second kappa shape index (κ2) is 6.22. The molecule has 1 aromatic carbocycles. The molecule has 0 saturated heterocycles. The van der Waals surface area contributed by atoms with E-state index in [0.29, 0.717) is 0 Å². The van der Waals surface area contributed by atoms with Gasteiger partial charge in [0.1, 0.15) is 0 Å². The van der Waals surface area contributed by atoms with Gasteiger partial charge >= 0.3 is 0 Å². The largest absolute Gasteiger partial charge is 0.309 e. The molecule has 3 rings (SSSR count). The van der Waals surface area contributed by atoms with Crippen molar-refractivity contribution in [2.75, 3.05) is 11.4 Å². The molecule has 0 fully saturated rings. The molecule has 5 heteroatoms. The van der Waals surface area contributed by atoms with Crippen LogP contribution in [0.1, 0.15) is 19.0 Å². The van der Waals surface area contributed by atoms with Crippen molar-refractivity contribution in [2.24, 2.45) is 0 Å². The molecule has 20 heavy (non-hydrogen) atoms. The number of rotatable bonds is 1. The molecule has 0 saturated carbocycles. The maximum absolute atomic E-state index is 12.4. The second-order valence-electron chi connectivity index (χ2n) is 4.85. The van der Waals surface area contributed by atoms with Gasteiger partial charge in [0.15, 0.2) is 0 Å². The molecule has 106 valence electrons. The number of benzene rings is 1. The van der Waals surface area contributed by atoms with Crippen molar-refractivity contribution in [3.05, 3.63) is 36.2 Å². The van der Waals surface area contributed by atoms with Gasteiger partial charge in [-0.2, -0.15) is 0 Å². The van der Waals surface area contributed by atoms with Crippen molar-refractivity contribution < 1.29 is 4.79 Å². The molecule has 0 radical (unpaired) electrons. The lowest BCUT2D eigenvalue weighted by molar-refractivity contribution is -0.117. The summed E-state index contributed by atoms with van der Waals surface area (Å²) in [4.78, 5) is 18.6. The fraction of sp³-hybridized carbons (Fsp3) is 0.333. The Kier molecular flexibility index (Phi) is 4.81. The monoisotopic (exact) mass is 398 g/mol. The Morgan fingerprint density at radius 3 is 2.90 bits per heavy atom. The first-order valence-electron chi connectivity index (χ1n) is 6.50.